The van der Waals surface area contributed by atoms with Gasteiger partial charge in [-0.1, -0.05) is 13.8 Å². The summed E-state index contributed by atoms with van der Waals surface area (Å²) >= 11 is 0. The molecule has 1 saturated carbocycles. The van der Waals surface area contributed by atoms with Gasteiger partial charge in [0.15, 0.2) is 0 Å². The molecule has 0 spiro atoms. The third-order valence-corrected chi connectivity index (χ3v) is 3.95. The Hall–Kier alpha value is -1.56. The van der Waals surface area contributed by atoms with Gasteiger partial charge >= 0.3 is 0 Å². The third kappa shape index (κ3) is 2.81. The van der Waals surface area contributed by atoms with E-state index in [4.69, 9.17) is 10.00 Å². The van der Waals surface area contributed by atoms with E-state index in [1.165, 1.54) is 6.42 Å². The molecule has 3 unspecified atom stereocenters. The van der Waals surface area contributed by atoms with Crippen LogP contribution in [-0.2, 0) is 0 Å². The largest absolute Gasteiger partial charge is 0.473 e. The van der Waals surface area contributed by atoms with Gasteiger partial charge in [-0.3, -0.25) is 0 Å². The van der Waals surface area contributed by atoms with E-state index in [0.29, 0.717) is 17.4 Å². The molecule has 0 radical (unpaired) electrons. The molecule has 1 aromatic rings. The van der Waals surface area contributed by atoms with E-state index in [1.807, 2.05) is 13.0 Å². The Kier molecular flexibility index (Phi) is 3.86. The molecule has 0 aliphatic heterocycles. The number of aryl methyl sites for hydroxylation is 1. The molecular formula is C15H20N2O. The Labute approximate surface area is 109 Å². The molecule has 1 aliphatic carbocycles. The van der Waals surface area contributed by atoms with Crippen molar-refractivity contribution < 1.29 is 4.74 Å². The predicted molar refractivity (Wildman–Crippen MR) is 70.3 cm³/mol. The number of hydrogen-bond acceptors (Lipinski definition) is 3. The first-order valence-corrected chi connectivity index (χ1v) is 6.64. The van der Waals surface area contributed by atoms with Crippen LogP contribution in [-0.4, -0.2) is 11.1 Å². The molecule has 3 nitrogen and oxygen atoms in total. The van der Waals surface area contributed by atoms with Crippen LogP contribution in [0.5, 0.6) is 5.88 Å². The Balaban J connectivity index is 2.10. The summed E-state index contributed by atoms with van der Waals surface area (Å²) in [6.45, 7) is 6.49. The van der Waals surface area contributed by atoms with Gasteiger partial charge in [-0.15, -0.1) is 0 Å². The second-order valence-electron chi connectivity index (χ2n) is 5.42. The standard InChI is InChI=1S/C15H20N2O/c1-10-4-7-14(8-11(10)2)18-15-13(9-16)6-5-12(3)17-15/h5-6,10-11,14H,4,7-8H2,1-3H3. The summed E-state index contributed by atoms with van der Waals surface area (Å²) in [7, 11) is 0. The molecular weight excluding hydrogens is 224 g/mol. The van der Waals surface area contributed by atoms with Crippen molar-refractivity contribution in [2.75, 3.05) is 0 Å². The number of nitrogens with zero attached hydrogens (tertiary/aromatic N) is 2. The molecule has 1 aromatic heterocycles. The fourth-order valence-corrected chi connectivity index (χ4v) is 2.47. The van der Waals surface area contributed by atoms with Gasteiger partial charge in [0.25, 0.3) is 0 Å². The average molecular weight is 244 g/mol. The van der Waals surface area contributed by atoms with Crippen molar-refractivity contribution in [3.63, 3.8) is 0 Å². The van der Waals surface area contributed by atoms with E-state index in [1.54, 1.807) is 6.07 Å². The summed E-state index contributed by atoms with van der Waals surface area (Å²) < 4.78 is 5.94. The van der Waals surface area contributed by atoms with Crippen molar-refractivity contribution in [3.8, 4) is 11.9 Å². The normalized spacial score (nSPS) is 27.6. The second-order valence-corrected chi connectivity index (χ2v) is 5.42. The first-order valence-electron chi connectivity index (χ1n) is 6.64. The number of hydrogen-bond donors (Lipinski definition) is 0. The number of aromatic nitrogens is 1. The summed E-state index contributed by atoms with van der Waals surface area (Å²) in [6.07, 6.45) is 3.52. The Morgan fingerprint density at radius 1 is 1.28 bits per heavy atom. The van der Waals surface area contributed by atoms with E-state index in [0.717, 1.165) is 24.5 Å². The van der Waals surface area contributed by atoms with E-state index in [2.05, 4.69) is 24.9 Å². The van der Waals surface area contributed by atoms with Crippen molar-refractivity contribution >= 4 is 0 Å². The van der Waals surface area contributed by atoms with Gasteiger partial charge in [0.05, 0.1) is 0 Å². The minimum atomic E-state index is 0.206. The van der Waals surface area contributed by atoms with E-state index in [9.17, 15) is 0 Å². The third-order valence-electron chi connectivity index (χ3n) is 3.95. The monoisotopic (exact) mass is 244 g/mol. The fourth-order valence-electron chi connectivity index (χ4n) is 2.47. The van der Waals surface area contributed by atoms with Crippen molar-refractivity contribution in [2.45, 2.75) is 46.1 Å². The van der Waals surface area contributed by atoms with Crippen LogP contribution < -0.4 is 4.74 Å². The van der Waals surface area contributed by atoms with Gasteiger partial charge in [0, 0.05) is 5.69 Å². The molecule has 0 aromatic carbocycles. The Morgan fingerprint density at radius 2 is 2.06 bits per heavy atom. The molecule has 0 saturated heterocycles. The lowest BCUT2D eigenvalue weighted by molar-refractivity contribution is 0.0960. The first kappa shape index (κ1) is 12.9. The van der Waals surface area contributed by atoms with Gasteiger partial charge in [-0.25, -0.2) is 4.98 Å². The zero-order valence-corrected chi connectivity index (χ0v) is 11.3. The molecule has 1 fully saturated rings. The quantitative estimate of drug-likeness (QED) is 0.800. The lowest BCUT2D eigenvalue weighted by atomic mass is 9.80. The smallest absolute Gasteiger partial charge is 0.232 e. The van der Waals surface area contributed by atoms with Crippen LogP contribution in [0.25, 0.3) is 0 Å². The maximum atomic E-state index is 9.06. The van der Waals surface area contributed by atoms with Crippen LogP contribution in [0.4, 0.5) is 0 Å². The number of ether oxygens (including phenoxy) is 1. The van der Waals surface area contributed by atoms with Crippen molar-refractivity contribution in [2.24, 2.45) is 11.8 Å². The molecule has 0 bridgehead atoms. The zero-order chi connectivity index (χ0) is 13.1. The molecule has 3 atom stereocenters. The maximum absolute atomic E-state index is 9.06. The van der Waals surface area contributed by atoms with Crippen LogP contribution in [0, 0.1) is 30.1 Å². The fraction of sp³-hybridized carbons (Fsp3) is 0.600. The van der Waals surface area contributed by atoms with Gasteiger partial charge in [-0.05, 0) is 50.2 Å². The highest BCUT2D eigenvalue weighted by molar-refractivity contribution is 5.38. The number of pyridine rings is 1. The lowest BCUT2D eigenvalue weighted by Crippen LogP contribution is -2.29. The molecule has 0 amide bonds. The van der Waals surface area contributed by atoms with Crippen LogP contribution in [0.2, 0.25) is 0 Å². The molecule has 18 heavy (non-hydrogen) atoms. The topological polar surface area (TPSA) is 45.9 Å². The SMILES string of the molecule is Cc1ccc(C#N)c(OC2CCC(C)C(C)C2)n1. The van der Waals surface area contributed by atoms with Crippen LogP contribution in [0.3, 0.4) is 0 Å². The minimum Gasteiger partial charge on any atom is -0.473 e. The van der Waals surface area contributed by atoms with Gasteiger partial charge in [0.1, 0.15) is 17.7 Å². The summed E-state index contributed by atoms with van der Waals surface area (Å²) in [5, 5.41) is 9.06. The van der Waals surface area contributed by atoms with Gasteiger partial charge < -0.3 is 4.74 Å². The molecule has 2 rings (SSSR count). The van der Waals surface area contributed by atoms with Crippen LogP contribution >= 0.6 is 0 Å². The zero-order valence-electron chi connectivity index (χ0n) is 11.3. The molecule has 3 heteroatoms. The summed E-state index contributed by atoms with van der Waals surface area (Å²) in [6, 6.07) is 5.77. The highest BCUT2D eigenvalue weighted by atomic mass is 16.5. The van der Waals surface area contributed by atoms with Gasteiger partial charge in [0.2, 0.25) is 5.88 Å². The van der Waals surface area contributed by atoms with Crippen molar-refractivity contribution in [1.82, 2.24) is 4.98 Å². The minimum absolute atomic E-state index is 0.206. The van der Waals surface area contributed by atoms with E-state index < -0.39 is 0 Å². The molecule has 0 N–H and O–H groups in total. The molecule has 1 heterocycles. The van der Waals surface area contributed by atoms with Gasteiger partial charge in [-0.2, -0.15) is 5.26 Å². The maximum Gasteiger partial charge on any atom is 0.232 e. The van der Waals surface area contributed by atoms with E-state index in [-0.39, 0.29) is 6.10 Å². The Bertz CT molecular complexity index is 464. The summed E-state index contributed by atoms with van der Waals surface area (Å²) in [5.41, 5.74) is 1.42. The lowest BCUT2D eigenvalue weighted by Gasteiger charge is -2.32. The van der Waals surface area contributed by atoms with Crippen LogP contribution in [0.1, 0.15) is 44.4 Å². The summed E-state index contributed by atoms with van der Waals surface area (Å²) in [4.78, 5) is 4.34. The molecule has 96 valence electrons. The highest BCUT2D eigenvalue weighted by Crippen LogP contribution is 2.32. The number of nitriles is 1. The van der Waals surface area contributed by atoms with Crippen molar-refractivity contribution in [3.05, 3.63) is 23.4 Å². The van der Waals surface area contributed by atoms with Crippen LogP contribution in [0.15, 0.2) is 12.1 Å². The van der Waals surface area contributed by atoms with Crippen molar-refractivity contribution in [1.29, 1.82) is 5.26 Å². The Morgan fingerprint density at radius 3 is 2.72 bits per heavy atom. The molecule has 1 aliphatic rings. The highest BCUT2D eigenvalue weighted by Gasteiger charge is 2.26. The van der Waals surface area contributed by atoms with E-state index >= 15 is 0 Å². The summed E-state index contributed by atoms with van der Waals surface area (Å²) in [5.74, 6) is 1.95. The second kappa shape index (κ2) is 5.39. The average Bonchev–Trinajstić information content (AvgIpc) is 2.34. The number of rotatable bonds is 2. The first-order chi connectivity index (χ1) is 8.60. The predicted octanol–water partition coefficient (Wildman–Crippen LogP) is 3.47.